The molecule has 21 heavy (non-hydrogen) atoms. The number of benzene rings is 1. The van der Waals surface area contributed by atoms with E-state index in [-0.39, 0.29) is 4.90 Å². The van der Waals surface area contributed by atoms with Gasteiger partial charge in [0.15, 0.2) is 0 Å². The largest absolute Gasteiger partial charge is 0.398 e. The average Bonchev–Trinajstić information content (AvgIpc) is 2.44. The van der Waals surface area contributed by atoms with Gasteiger partial charge in [-0.25, -0.2) is 13.1 Å². The fourth-order valence-corrected chi connectivity index (χ4v) is 3.48. The van der Waals surface area contributed by atoms with Crippen LogP contribution in [0.15, 0.2) is 27.6 Å². The van der Waals surface area contributed by atoms with Crippen LogP contribution in [0.25, 0.3) is 0 Å². The van der Waals surface area contributed by atoms with Gasteiger partial charge in [0.05, 0.1) is 4.90 Å². The zero-order valence-corrected chi connectivity index (χ0v) is 14.5. The summed E-state index contributed by atoms with van der Waals surface area (Å²) in [6.45, 7) is 5.13. The second-order valence-electron chi connectivity index (χ2n) is 5.23. The van der Waals surface area contributed by atoms with Gasteiger partial charge in [0.25, 0.3) is 0 Å². The summed E-state index contributed by atoms with van der Waals surface area (Å²) in [5.41, 5.74) is 6.14. The minimum atomic E-state index is -3.50. The zero-order chi connectivity index (χ0) is 15.5. The number of anilines is 1. The maximum atomic E-state index is 12.2. The normalized spacial score (nSPS) is 18.0. The molecule has 0 bridgehead atoms. The van der Waals surface area contributed by atoms with E-state index in [9.17, 15) is 8.42 Å². The molecule has 8 heteroatoms. The van der Waals surface area contributed by atoms with Gasteiger partial charge in [-0.1, -0.05) is 0 Å². The molecule has 1 heterocycles. The fourth-order valence-electron chi connectivity index (χ4n) is 2.18. The van der Waals surface area contributed by atoms with Crippen LogP contribution < -0.4 is 10.5 Å². The van der Waals surface area contributed by atoms with E-state index in [2.05, 4.69) is 37.5 Å². The monoisotopic (exact) mass is 376 g/mol. The van der Waals surface area contributed by atoms with Crippen LogP contribution in [-0.4, -0.2) is 64.5 Å². The first-order chi connectivity index (χ1) is 9.88. The van der Waals surface area contributed by atoms with E-state index in [1.807, 2.05) is 0 Å². The van der Waals surface area contributed by atoms with Crippen molar-refractivity contribution in [2.24, 2.45) is 0 Å². The Kier molecular flexibility index (Phi) is 5.61. The van der Waals surface area contributed by atoms with E-state index >= 15 is 0 Å². The van der Waals surface area contributed by atoms with Crippen LogP contribution in [0.5, 0.6) is 0 Å². The Balaban J connectivity index is 1.88. The lowest BCUT2D eigenvalue weighted by atomic mass is 10.3. The summed E-state index contributed by atoms with van der Waals surface area (Å²) in [5.74, 6) is 0. The van der Waals surface area contributed by atoms with Crippen molar-refractivity contribution in [2.45, 2.75) is 4.90 Å². The van der Waals surface area contributed by atoms with Crippen molar-refractivity contribution in [3.05, 3.63) is 22.7 Å². The highest BCUT2D eigenvalue weighted by atomic mass is 79.9. The van der Waals surface area contributed by atoms with Crippen LogP contribution in [0.2, 0.25) is 0 Å². The number of hydrogen-bond donors (Lipinski definition) is 2. The van der Waals surface area contributed by atoms with E-state index < -0.39 is 10.0 Å². The maximum absolute atomic E-state index is 12.2. The number of piperazine rings is 1. The van der Waals surface area contributed by atoms with Gasteiger partial charge in [-0.05, 0) is 41.2 Å². The summed E-state index contributed by atoms with van der Waals surface area (Å²) < 4.78 is 27.7. The predicted octanol–water partition coefficient (Wildman–Crippen LogP) is 0.557. The van der Waals surface area contributed by atoms with Crippen molar-refractivity contribution in [3.63, 3.8) is 0 Å². The Morgan fingerprint density at radius 1 is 1.29 bits per heavy atom. The van der Waals surface area contributed by atoms with Gasteiger partial charge in [-0.2, -0.15) is 0 Å². The van der Waals surface area contributed by atoms with Crippen LogP contribution in [0.4, 0.5) is 5.69 Å². The lowest BCUT2D eigenvalue weighted by molar-refractivity contribution is 0.156. The molecule has 0 unspecified atom stereocenters. The molecular weight excluding hydrogens is 356 g/mol. The molecule has 2 rings (SSSR count). The molecule has 1 aliphatic rings. The predicted molar refractivity (Wildman–Crippen MR) is 87.7 cm³/mol. The second-order valence-corrected chi connectivity index (χ2v) is 7.85. The summed E-state index contributed by atoms with van der Waals surface area (Å²) in [4.78, 5) is 4.73. The Morgan fingerprint density at radius 3 is 2.57 bits per heavy atom. The van der Waals surface area contributed by atoms with Crippen molar-refractivity contribution < 1.29 is 8.42 Å². The molecule has 0 saturated carbocycles. The highest BCUT2D eigenvalue weighted by Gasteiger charge is 2.17. The lowest BCUT2D eigenvalue weighted by Gasteiger charge is -2.32. The minimum absolute atomic E-state index is 0.196. The topological polar surface area (TPSA) is 78.7 Å². The molecule has 118 valence electrons. The molecule has 1 saturated heterocycles. The highest BCUT2D eigenvalue weighted by Crippen LogP contribution is 2.22. The second kappa shape index (κ2) is 7.06. The van der Waals surface area contributed by atoms with Crippen LogP contribution >= 0.6 is 15.9 Å². The molecule has 3 N–H and O–H groups in total. The maximum Gasteiger partial charge on any atom is 0.240 e. The molecule has 0 aliphatic carbocycles. The molecule has 0 atom stereocenters. The summed E-state index contributed by atoms with van der Waals surface area (Å²) in [6.07, 6.45) is 0. The third-order valence-corrected chi connectivity index (χ3v) is 5.77. The molecule has 6 nitrogen and oxygen atoms in total. The number of nitrogens with two attached hydrogens (primary N) is 1. The van der Waals surface area contributed by atoms with Gasteiger partial charge in [0.1, 0.15) is 0 Å². The first-order valence-electron chi connectivity index (χ1n) is 6.84. The number of nitrogens with one attached hydrogen (secondary N) is 1. The van der Waals surface area contributed by atoms with Crippen molar-refractivity contribution in [3.8, 4) is 0 Å². The number of halogens is 1. The molecule has 0 aromatic heterocycles. The van der Waals surface area contributed by atoms with Crippen LogP contribution in [0.3, 0.4) is 0 Å². The number of hydrogen-bond acceptors (Lipinski definition) is 5. The Labute approximate surface area is 134 Å². The van der Waals surface area contributed by atoms with Crippen molar-refractivity contribution in [1.29, 1.82) is 0 Å². The fraction of sp³-hybridized carbons (Fsp3) is 0.538. The van der Waals surface area contributed by atoms with E-state index in [1.54, 1.807) is 12.1 Å². The molecule has 1 fully saturated rings. The third-order valence-electron chi connectivity index (χ3n) is 3.59. The van der Waals surface area contributed by atoms with E-state index in [4.69, 9.17) is 5.73 Å². The summed E-state index contributed by atoms with van der Waals surface area (Å²) in [7, 11) is -1.40. The average molecular weight is 377 g/mol. The highest BCUT2D eigenvalue weighted by molar-refractivity contribution is 9.10. The Morgan fingerprint density at radius 2 is 1.95 bits per heavy atom. The van der Waals surface area contributed by atoms with Crippen molar-refractivity contribution >= 4 is 31.6 Å². The smallest absolute Gasteiger partial charge is 0.240 e. The first kappa shape index (κ1) is 16.7. The quantitative estimate of drug-likeness (QED) is 0.733. The molecule has 1 aromatic carbocycles. The molecule has 0 radical (unpaired) electrons. The van der Waals surface area contributed by atoms with Crippen molar-refractivity contribution in [2.75, 3.05) is 52.0 Å². The SMILES string of the molecule is CN1CCN(CCNS(=O)(=O)c2ccc(Br)c(N)c2)CC1. The number of rotatable bonds is 5. The zero-order valence-electron chi connectivity index (χ0n) is 12.0. The van der Waals surface area contributed by atoms with Gasteiger partial charge in [-0.3, -0.25) is 4.90 Å². The Bertz CT molecular complexity index is 586. The van der Waals surface area contributed by atoms with Gasteiger partial charge < -0.3 is 10.6 Å². The number of likely N-dealkylation sites (N-methyl/N-ethyl adjacent to an activating group) is 1. The molecular formula is C13H21BrN4O2S. The van der Waals surface area contributed by atoms with Crippen molar-refractivity contribution in [1.82, 2.24) is 14.5 Å². The van der Waals surface area contributed by atoms with E-state index in [0.29, 0.717) is 16.7 Å². The number of sulfonamides is 1. The number of nitrogen functional groups attached to an aromatic ring is 1. The number of nitrogens with zero attached hydrogens (tertiary/aromatic N) is 2. The Hall–Kier alpha value is -0.670. The van der Waals surface area contributed by atoms with Crippen LogP contribution in [0.1, 0.15) is 0 Å². The molecule has 0 spiro atoms. The summed E-state index contributed by atoms with van der Waals surface area (Å²) in [6, 6.07) is 4.64. The van der Waals surface area contributed by atoms with Gasteiger partial charge in [0.2, 0.25) is 10.0 Å². The molecule has 0 amide bonds. The van der Waals surface area contributed by atoms with Gasteiger partial charge in [-0.15, -0.1) is 0 Å². The van der Waals surface area contributed by atoms with Crippen LogP contribution in [-0.2, 0) is 10.0 Å². The van der Waals surface area contributed by atoms with E-state index in [1.165, 1.54) is 6.07 Å². The lowest BCUT2D eigenvalue weighted by Crippen LogP contribution is -2.46. The molecule has 1 aliphatic heterocycles. The molecule has 1 aromatic rings. The minimum Gasteiger partial charge on any atom is -0.398 e. The first-order valence-corrected chi connectivity index (χ1v) is 9.12. The van der Waals surface area contributed by atoms with Gasteiger partial charge in [0, 0.05) is 49.4 Å². The summed E-state index contributed by atoms with van der Waals surface area (Å²) >= 11 is 3.25. The van der Waals surface area contributed by atoms with E-state index in [0.717, 1.165) is 32.7 Å². The summed E-state index contributed by atoms with van der Waals surface area (Å²) in [5, 5.41) is 0. The standard InChI is InChI=1S/C13H21BrN4O2S/c1-17-6-8-18(9-7-17)5-4-16-21(19,20)11-2-3-12(14)13(15)10-11/h2-3,10,16H,4-9,15H2,1H3. The third kappa shape index (κ3) is 4.65. The van der Waals surface area contributed by atoms with Gasteiger partial charge >= 0.3 is 0 Å². The van der Waals surface area contributed by atoms with Crippen LogP contribution in [0, 0.1) is 0 Å².